The molecule has 0 saturated heterocycles. The molecule has 0 spiro atoms. The van der Waals surface area contributed by atoms with Gasteiger partial charge in [-0.05, 0) is 51.7 Å². The van der Waals surface area contributed by atoms with Crippen LogP contribution in [-0.4, -0.2) is 28.9 Å². The smallest absolute Gasteiger partial charge is 0.275 e. The summed E-state index contributed by atoms with van der Waals surface area (Å²) in [6.45, 7) is 3.86. The second-order valence-corrected chi connectivity index (χ2v) is 10.8. The van der Waals surface area contributed by atoms with Gasteiger partial charge in [-0.2, -0.15) is 5.10 Å². The predicted octanol–water partition coefficient (Wildman–Crippen LogP) is 3.23. The number of nitrogens with one attached hydrogen (secondary N) is 1. The summed E-state index contributed by atoms with van der Waals surface area (Å²) < 4.78 is 35.2. The quantitative estimate of drug-likeness (QED) is 0.628. The van der Waals surface area contributed by atoms with E-state index in [1.54, 1.807) is 18.2 Å². The third kappa shape index (κ3) is 3.92. The molecule has 2 saturated carbocycles. The second-order valence-electron chi connectivity index (χ2n) is 9.14. The van der Waals surface area contributed by atoms with Gasteiger partial charge in [-0.3, -0.25) is 4.79 Å². The first-order chi connectivity index (χ1) is 14.7. The van der Waals surface area contributed by atoms with Gasteiger partial charge in [0.25, 0.3) is 5.56 Å². The fourth-order valence-electron chi connectivity index (χ4n) is 4.38. The minimum Gasteiger partial charge on any atom is -0.359 e. The number of aryl methyl sites for hydroxylation is 1. The van der Waals surface area contributed by atoms with E-state index in [9.17, 15) is 13.2 Å². The van der Waals surface area contributed by atoms with Gasteiger partial charge < -0.3 is 4.52 Å². The number of fused-ring (bicyclic) bond motifs is 1. The van der Waals surface area contributed by atoms with E-state index in [-0.39, 0.29) is 28.5 Å². The average molecular weight is 443 g/mol. The summed E-state index contributed by atoms with van der Waals surface area (Å²) in [6, 6.07) is 6.59. The molecule has 0 aliphatic heterocycles. The van der Waals surface area contributed by atoms with Crippen LogP contribution in [0, 0.1) is 6.92 Å². The molecule has 3 aromatic rings. The minimum absolute atomic E-state index is 0.107. The van der Waals surface area contributed by atoms with E-state index in [0.29, 0.717) is 11.1 Å². The summed E-state index contributed by atoms with van der Waals surface area (Å²) in [5, 5.41) is 9.69. The zero-order chi connectivity index (χ0) is 21.8. The summed E-state index contributed by atoms with van der Waals surface area (Å²) >= 11 is 0. The van der Waals surface area contributed by atoms with Crippen LogP contribution < -0.4 is 10.3 Å². The van der Waals surface area contributed by atoms with Crippen molar-refractivity contribution in [3.05, 3.63) is 51.8 Å². The van der Waals surface area contributed by atoms with Gasteiger partial charge in [-0.25, -0.2) is 17.8 Å². The maximum Gasteiger partial charge on any atom is 0.275 e. The predicted molar refractivity (Wildman–Crippen MR) is 116 cm³/mol. The Bertz CT molecular complexity index is 1320. The van der Waals surface area contributed by atoms with Crippen molar-refractivity contribution >= 4 is 20.8 Å². The van der Waals surface area contributed by atoms with Crippen LogP contribution in [0.15, 0.2) is 38.5 Å². The molecule has 0 amide bonds. The number of rotatable bonds is 6. The topological polar surface area (TPSA) is 107 Å². The largest absolute Gasteiger partial charge is 0.359 e. The Morgan fingerprint density at radius 2 is 1.94 bits per heavy atom. The molecule has 0 unspecified atom stereocenters. The van der Waals surface area contributed by atoms with E-state index >= 15 is 0 Å². The number of nitrogens with zero attached hydrogens (tertiary/aromatic N) is 3. The first-order valence-corrected chi connectivity index (χ1v) is 12.2. The third-order valence-electron chi connectivity index (χ3n) is 6.38. The first kappa shape index (κ1) is 20.4. The van der Waals surface area contributed by atoms with Gasteiger partial charge in [-0.15, -0.1) is 0 Å². The van der Waals surface area contributed by atoms with Crippen molar-refractivity contribution in [2.75, 3.05) is 0 Å². The fourth-order valence-corrected chi connectivity index (χ4v) is 5.87. The molecule has 164 valence electrons. The van der Waals surface area contributed by atoms with Crippen molar-refractivity contribution in [3.63, 3.8) is 0 Å². The molecule has 0 radical (unpaired) electrons. The van der Waals surface area contributed by atoms with E-state index in [1.807, 2.05) is 13.8 Å². The number of benzene rings is 1. The Hall–Kier alpha value is -2.52. The molecular formula is C22H26N4O4S. The molecule has 8 nitrogen and oxygen atoms in total. The third-order valence-corrected chi connectivity index (χ3v) is 8.01. The van der Waals surface area contributed by atoms with Gasteiger partial charge >= 0.3 is 0 Å². The summed E-state index contributed by atoms with van der Waals surface area (Å²) in [5.41, 5.74) is 0.869. The second kappa shape index (κ2) is 7.27. The van der Waals surface area contributed by atoms with Crippen molar-refractivity contribution in [1.82, 2.24) is 19.7 Å². The SMILES string of the molecule is Cc1cc(Cn2nc(C3CCCC3)c3ccc(S(=O)(=O)NC4(C)CC4)cc3c2=O)on1. The van der Waals surface area contributed by atoms with E-state index in [1.165, 1.54) is 10.7 Å². The zero-order valence-corrected chi connectivity index (χ0v) is 18.5. The Morgan fingerprint density at radius 3 is 2.58 bits per heavy atom. The lowest BCUT2D eigenvalue weighted by atomic mass is 9.98. The summed E-state index contributed by atoms with van der Waals surface area (Å²) in [5.74, 6) is 0.799. The van der Waals surface area contributed by atoms with Gasteiger partial charge in [0.05, 0.1) is 21.7 Å². The van der Waals surface area contributed by atoms with Crippen molar-refractivity contribution in [2.24, 2.45) is 0 Å². The van der Waals surface area contributed by atoms with Crippen LogP contribution in [0.1, 0.15) is 68.5 Å². The Balaban J connectivity index is 1.64. The van der Waals surface area contributed by atoms with Gasteiger partial charge in [0.2, 0.25) is 10.0 Å². The van der Waals surface area contributed by atoms with Crippen LogP contribution in [0.2, 0.25) is 0 Å². The normalized spacial score (nSPS) is 18.6. The minimum atomic E-state index is -3.71. The number of aromatic nitrogens is 3. The van der Waals surface area contributed by atoms with E-state index in [2.05, 4.69) is 9.88 Å². The van der Waals surface area contributed by atoms with Crippen LogP contribution in [0.3, 0.4) is 0 Å². The number of hydrogen-bond donors (Lipinski definition) is 1. The van der Waals surface area contributed by atoms with Gasteiger partial charge in [0, 0.05) is 22.9 Å². The molecule has 2 fully saturated rings. The zero-order valence-electron chi connectivity index (χ0n) is 17.7. The maximum atomic E-state index is 13.3. The van der Waals surface area contributed by atoms with Gasteiger partial charge in [0.1, 0.15) is 6.54 Å². The van der Waals surface area contributed by atoms with Crippen LogP contribution in [0.25, 0.3) is 10.8 Å². The highest BCUT2D eigenvalue weighted by molar-refractivity contribution is 7.89. The molecule has 2 aromatic heterocycles. The molecule has 9 heteroatoms. The lowest BCUT2D eigenvalue weighted by molar-refractivity contribution is 0.365. The Kier molecular flexibility index (Phi) is 4.78. The molecule has 0 bridgehead atoms. The molecule has 2 aliphatic carbocycles. The molecule has 2 aliphatic rings. The van der Waals surface area contributed by atoms with Crippen LogP contribution in [-0.2, 0) is 16.6 Å². The highest BCUT2D eigenvalue weighted by Crippen LogP contribution is 2.38. The summed E-state index contributed by atoms with van der Waals surface area (Å²) in [4.78, 5) is 13.4. The maximum absolute atomic E-state index is 13.3. The first-order valence-electron chi connectivity index (χ1n) is 10.8. The van der Waals surface area contributed by atoms with Crippen LogP contribution in [0.4, 0.5) is 0 Å². The van der Waals surface area contributed by atoms with Crippen LogP contribution in [0.5, 0.6) is 0 Å². The van der Waals surface area contributed by atoms with E-state index < -0.39 is 10.0 Å². The lowest BCUT2D eigenvalue weighted by Crippen LogP contribution is -2.34. The number of hydrogen-bond acceptors (Lipinski definition) is 6. The molecule has 0 atom stereocenters. The lowest BCUT2D eigenvalue weighted by Gasteiger charge is -2.16. The van der Waals surface area contributed by atoms with Crippen molar-refractivity contribution in [1.29, 1.82) is 0 Å². The van der Waals surface area contributed by atoms with Gasteiger partial charge in [-0.1, -0.05) is 24.1 Å². The number of sulfonamides is 1. The molecule has 1 N–H and O–H groups in total. The summed E-state index contributed by atoms with van der Waals surface area (Å²) in [6.07, 6.45) is 5.92. The van der Waals surface area contributed by atoms with Crippen molar-refractivity contribution < 1.29 is 12.9 Å². The molecular weight excluding hydrogens is 416 g/mol. The van der Waals surface area contributed by atoms with Crippen molar-refractivity contribution in [3.8, 4) is 0 Å². The molecule has 1 aromatic carbocycles. The molecule has 31 heavy (non-hydrogen) atoms. The highest BCUT2D eigenvalue weighted by Gasteiger charge is 2.41. The van der Waals surface area contributed by atoms with E-state index in [4.69, 9.17) is 9.62 Å². The molecule has 2 heterocycles. The fraction of sp³-hybridized carbons (Fsp3) is 0.500. The van der Waals surface area contributed by atoms with Crippen LogP contribution >= 0.6 is 0 Å². The molecule has 5 rings (SSSR count). The Labute approximate surface area is 180 Å². The monoisotopic (exact) mass is 442 g/mol. The van der Waals surface area contributed by atoms with Crippen molar-refractivity contribution in [2.45, 2.75) is 75.3 Å². The highest BCUT2D eigenvalue weighted by atomic mass is 32.2. The van der Waals surface area contributed by atoms with Gasteiger partial charge in [0.15, 0.2) is 5.76 Å². The Morgan fingerprint density at radius 1 is 1.19 bits per heavy atom. The average Bonchev–Trinajstić information content (AvgIpc) is 3.12. The summed E-state index contributed by atoms with van der Waals surface area (Å²) in [7, 11) is -3.71. The van der Waals surface area contributed by atoms with E-state index in [0.717, 1.165) is 55.3 Å². The standard InChI is InChI=1S/C22H26N4O4S/c1-14-11-16(30-24-14)13-26-21(27)19-12-17(31(28,29)25-22(2)9-10-22)7-8-18(19)20(23-26)15-5-3-4-6-15/h7-8,11-12,15,25H,3-6,9-10,13H2,1-2H3.